The maximum atomic E-state index is 13.1. The highest BCUT2D eigenvalue weighted by molar-refractivity contribution is 6.76. The Morgan fingerprint density at radius 1 is 1.17 bits per heavy atom. The largest absolute Gasteiger partial charge is 0.508 e. The molecule has 0 amide bonds. The first-order chi connectivity index (χ1) is 13.6. The van der Waals surface area contributed by atoms with Crippen LogP contribution in [0.15, 0.2) is 30.9 Å². The smallest absolute Gasteiger partial charge is 0.311 e. The Kier molecular flexibility index (Phi) is 5.98. The molecule has 0 saturated heterocycles. The second-order valence-corrected chi connectivity index (χ2v) is 14.6. The topological polar surface area (TPSA) is 89.9 Å². The van der Waals surface area contributed by atoms with Crippen molar-refractivity contribution >= 4 is 25.8 Å². The summed E-state index contributed by atoms with van der Waals surface area (Å²) in [6.45, 7) is 10.4. The summed E-state index contributed by atoms with van der Waals surface area (Å²) in [6.07, 6.45) is 1.63. The lowest BCUT2D eigenvalue weighted by Crippen LogP contribution is -2.50. The predicted octanol–water partition coefficient (Wildman–Crippen LogP) is 3.39. The maximum absolute atomic E-state index is 13.1. The Labute approximate surface area is 171 Å². The second-order valence-electron chi connectivity index (χ2n) is 9.02. The third-order valence-corrected chi connectivity index (χ3v) is 7.44. The van der Waals surface area contributed by atoms with Gasteiger partial charge in [-0.25, -0.2) is 0 Å². The maximum Gasteiger partial charge on any atom is 0.311 e. The molecular formula is C22H28O6Si. The number of benzene rings is 1. The standard InChI is InChI=1S/C22H28O6Si/c1-5-8-27-22(26)20-18-15-11-13(23)6-7-14(15)16(12-17(18)24)19(20)21(25)28-9-10-29(2,3)4/h5-7,11,16,18-20,23H,1,8-10,12H2,2-4H3/t16-,18-,19-,20-/m1/s1. The quantitative estimate of drug-likeness (QED) is 0.416. The normalized spacial score (nSPS) is 25.3. The fourth-order valence-corrected chi connectivity index (χ4v) is 5.07. The molecule has 7 heteroatoms. The van der Waals surface area contributed by atoms with E-state index in [1.54, 1.807) is 12.1 Å². The third kappa shape index (κ3) is 4.29. The zero-order valence-corrected chi connectivity index (χ0v) is 18.1. The lowest BCUT2D eigenvalue weighted by atomic mass is 9.55. The van der Waals surface area contributed by atoms with Gasteiger partial charge in [-0.15, -0.1) is 0 Å². The van der Waals surface area contributed by atoms with Crippen LogP contribution < -0.4 is 0 Å². The highest BCUT2D eigenvalue weighted by Gasteiger charge is 2.57. The van der Waals surface area contributed by atoms with Gasteiger partial charge in [0, 0.05) is 20.4 Å². The zero-order chi connectivity index (χ0) is 21.3. The minimum atomic E-state index is -1.38. The number of phenolic OH excluding ortho intramolecular Hbond substituents is 1. The summed E-state index contributed by atoms with van der Waals surface area (Å²) in [7, 11) is -1.38. The molecule has 0 aliphatic heterocycles. The highest BCUT2D eigenvalue weighted by atomic mass is 28.3. The summed E-state index contributed by atoms with van der Waals surface area (Å²) in [4.78, 5) is 38.7. The van der Waals surface area contributed by atoms with Crippen LogP contribution in [0.5, 0.6) is 5.75 Å². The van der Waals surface area contributed by atoms with Crippen molar-refractivity contribution in [3.05, 3.63) is 42.0 Å². The molecule has 2 bridgehead atoms. The van der Waals surface area contributed by atoms with Gasteiger partial charge in [0.1, 0.15) is 18.1 Å². The number of carbonyl (C=O) groups excluding carboxylic acids is 3. The molecule has 6 nitrogen and oxygen atoms in total. The van der Waals surface area contributed by atoms with Gasteiger partial charge in [0.05, 0.1) is 24.4 Å². The number of aromatic hydroxyl groups is 1. The van der Waals surface area contributed by atoms with Gasteiger partial charge in [-0.05, 0) is 29.3 Å². The van der Waals surface area contributed by atoms with Gasteiger partial charge in [0.15, 0.2) is 0 Å². The number of esters is 2. The lowest BCUT2D eigenvalue weighted by molar-refractivity contribution is -0.166. The first kappa shape index (κ1) is 21.3. The summed E-state index contributed by atoms with van der Waals surface area (Å²) in [5, 5.41) is 9.91. The second kappa shape index (κ2) is 8.14. The number of ketones is 1. The van der Waals surface area contributed by atoms with Crippen LogP contribution in [-0.4, -0.2) is 44.1 Å². The molecule has 1 saturated carbocycles. The molecule has 4 atom stereocenters. The Bertz CT molecular complexity index is 840. The van der Waals surface area contributed by atoms with Gasteiger partial charge in [0.25, 0.3) is 0 Å². The van der Waals surface area contributed by atoms with Gasteiger partial charge in [-0.2, -0.15) is 0 Å². The summed E-state index contributed by atoms with van der Waals surface area (Å²) >= 11 is 0. The monoisotopic (exact) mass is 416 g/mol. The van der Waals surface area contributed by atoms with Crippen molar-refractivity contribution in [2.45, 2.75) is 43.9 Å². The molecule has 3 aliphatic rings. The van der Waals surface area contributed by atoms with Gasteiger partial charge in [0.2, 0.25) is 0 Å². The summed E-state index contributed by atoms with van der Waals surface area (Å²) in [5.74, 6) is -4.13. The molecule has 0 radical (unpaired) electrons. The number of ether oxygens (including phenoxy) is 2. The number of hydrogen-bond donors (Lipinski definition) is 1. The van der Waals surface area contributed by atoms with Crippen LogP contribution in [0.3, 0.4) is 0 Å². The van der Waals surface area contributed by atoms with Crippen molar-refractivity contribution < 1.29 is 29.0 Å². The summed E-state index contributed by atoms with van der Waals surface area (Å²) in [5.41, 5.74) is 1.44. The van der Waals surface area contributed by atoms with Crippen LogP contribution in [0.2, 0.25) is 25.7 Å². The van der Waals surface area contributed by atoms with Crippen LogP contribution in [-0.2, 0) is 23.9 Å². The van der Waals surface area contributed by atoms with E-state index >= 15 is 0 Å². The van der Waals surface area contributed by atoms with E-state index in [2.05, 4.69) is 26.2 Å². The molecule has 1 aromatic rings. The third-order valence-electron chi connectivity index (χ3n) is 5.74. The SMILES string of the molecule is C=CCOC(=O)[C@H]1[C@H](C(=O)OCC[Si](C)(C)C)[C@@H]2CC(=O)[C@H]1c1cc(O)ccc12. The predicted molar refractivity (Wildman–Crippen MR) is 110 cm³/mol. The molecule has 0 aromatic heterocycles. The average molecular weight is 417 g/mol. The number of Topliss-reactive ketones (excluding diaryl/α,β-unsaturated/α-hetero) is 1. The average Bonchev–Trinajstić information content (AvgIpc) is 2.64. The molecular weight excluding hydrogens is 388 g/mol. The number of phenols is 1. The fraction of sp³-hybridized carbons (Fsp3) is 0.500. The molecule has 0 spiro atoms. The molecule has 156 valence electrons. The van der Waals surface area contributed by atoms with Crippen LogP contribution in [0, 0.1) is 11.8 Å². The highest BCUT2D eigenvalue weighted by Crippen LogP contribution is 2.55. The van der Waals surface area contributed by atoms with E-state index in [9.17, 15) is 19.5 Å². The molecule has 0 unspecified atom stereocenters. The van der Waals surface area contributed by atoms with Crippen LogP contribution in [0.1, 0.15) is 29.4 Å². The van der Waals surface area contributed by atoms with E-state index in [4.69, 9.17) is 9.47 Å². The van der Waals surface area contributed by atoms with Crippen molar-refractivity contribution in [2.75, 3.05) is 13.2 Å². The number of rotatable bonds is 7. The van der Waals surface area contributed by atoms with Crippen molar-refractivity contribution in [2.24, 2.45) is 11.8 Å². The lowest BCUT2D eigenvalue weighted by Gasteiger charge is -2.46. The molecule has 1 N–H and O–H groups in total. The molecule has 0 heterocycles. The van der Waals surface area contributed by atoms with E-state index in [1.807, 2.05) is 0 Å². The van der Waals surface area contributed by atoms with E-state index in [-0.39, 0.29) is 24.6 Å². The van der Waals surface area contributed by atoms with E-state index < -0.39 is 43.7 Å². The molecule has 4 rings (SSSR count). The molecule has 1 fully saturated rings. The fourth-order valence-electron chi connectivity index (χ4n) is 4.35. The van der Waals surface area contributed by atoms with Gasteiger partial charge in [-0.3, -0.25) is 14.4 Å². The number of fused-ring (bicyclic) bond motifs is 2. The van der Waals surface area contributed by atoms with Crippen molar-refractivity contribution in [3.63, 3.8) is 0 Å². The Hall–Kier alpha value is -2.41. The first-order valence-electron chi connectivity index (χ1n) is 9.93. The number of carbonyl (C=O) groups is 3. The van der Waals surface area contributed by atoms with Crippen molar-refractivity contribution in [3.8, 4) is 5.75 Å². The molecule has 3 aliphatic carbocycles. The van der Waals surface area contributed by atoms with E-state index in [0.29, 0.717) is 12.2 Å². The Morgan fingerprint density at radius 2 is 1.86 bits per heavy atom. The Balaban J connectivity index is 1.95. The minimum Gasteiger partial charge on any atom is -0.508 e. The van der Waals surface area contributed by atoms with Crippen molar-refractivity contribution in [1.29, 1.82) is 0 Å². The van der Waals surface area contributed by atoms with Crippen LogP contribution >= 0.6 is 0 Å². The molecule has 29 heavy (non-hydrogen) atoms. The molecule has 1 aromatic carbocycles. The van der Waals surface area contributed by atoms with E-state index in [1.165, 1.54) is 12.1 Å². The van der Waals surface area contributed by atoms with Crippen molar-refractivity contribution in [1.82, 2.24) is 0 Å². The first-order valence-corrected chi connectivity index (χ1v) is 13.6. The van der Waals surface area contributed by atoms with Crippen LogP contribution in [0.25, 0.3) is 0 Å². The van der Waals surface area contributed by atoms with E-state index in [0.717, 1.165) is 11.6 Å². The summed E-state index contributed by atoms with van der Waals surface area (Å²) in [6, 6.07) is 5.63. The van der Waals surface area contributed by atoms with Crippen LogP contribution in [0.4, 0.5) is 0 Å². The minimum absolute atomic E-state index is 0.00516. The zero-order valence-electron chi connectivity index (χ0n) is 17.1. The summed E-state index contributed by atoms with van der Waals surface area (Å²) < 4.78 is 10.8. The Morgan fingerprint density at radius 3 is 2.52 bits per heavy atom. The van der Waals surface area contributed by atoms with Gasteiger partial charge >= 0.3 is 11.9 Å². The van der Waals surface area contributed by atoms with Gasteiger partial charge < -0.3 is 14.6 Å². The van der Waals surface area contributed by atoms with Gasteiger partial charge in [-0.1, -0.05) is 38.4 Å². The number of hydrogen-bond acceptors (Lipinski definition) is 6.